The van der Waals surface area contributed by atoms with Crippen LogP contribution in [0.15, 0.2) is 94.1 Å². The number of methoxy groups -OCH3 is 2. The van der Waals surface area contributed by atoms with E-state index in [1.165, 1.54) is 35.7 Å². The Morgan fingerprint density at radius 2 is 1.06 bits per heavy atom. The van der Waals surface area contributed by atoms with Crippen molar-refractivity contribution in [2.75, 3.05) is 46.8 Å². The van der Waals surface area contributed by atoms with E-state index in [9.17, 15) is 26.4 Å². The lowest BCUT2D eigenvalue weighted by Gasteiger charge is -2.14. The summed E-state index contributed by atoms with van der Waals surface area (Å²) >= 11 is 6.34. The highest BCUT2D eigenvalue weighted by molar-refractivity contribution is 9.10. The number of sulfonamides is 2. The van der Waals surface area contributed by atoms with Crippen LogP contribution in [0.2, 0.25) is 0 Å². The number of ether oxygens (including phenoxy) is 4. The highest BCUT2D eigenvalue weighted by atomic mass is 79.9. The predicted octanol–water partition coefficient (Wildman–Crippen LogP) is 6.68. The van der Waals surface area contributed by atoms with Gasteiger partial charge in [-0.1, -0.05) is 71.1 Å². The Morgan fingerprint density at radius 1 is 0.625 bits per heavy atom. The highest BCUT2D eigenvalue weighted by Crippen LogP contribution is 2.31. The Hall–Kier alpha value is -6.38. The van der Waals surface area contributed by atoms with Crippen molar-refractivity contribution in [1.29, 1.82) is 0 Å². The highest BCUT2D eigenvalue weighted by Gasteiger charge is 2.21. The van der Waals surface area contributed by atoms with Gasteiger partial charge in [0.2, 0.25) is 31.8 Å². The molecule has 2 amide bonds. The van der Waals surface area contributed by atoms with Crippen molar-refractivity contribution in [1.82, 2.24) is 40.0 Å². The van der Waals surface area contributed by atoms with Crippen LogP contribution < -0.4 is 29.6 Å². The summed E-state index contributed by atoms with van der Waals surface area (Å²) in [7, 11) is -0.772. The lowest BCUT2D eigenvalue weighted by Crippen LogP contribution is -2.18. The molecule has 342 valence electrons. The molecule has 64 heavy (non-hydrogen) atoms. The largest absolute Gasteiger partial charge is 0.479 e. The van der Waals surface area contributed by atoms with Crippen molar-refractivity contribution in [2.24, 2.45) is 14.1 Å². The molecule has 0 saturated heterocycles. The van der Waals surface area contributed by atoms with Crippen LogP contribution in [0.4, 0.5) is 32.6 Å². The standard InChI is InChI=1S/C19H22N6O5S.C12H13BrN4O2.C7H9BrN2O3S/c1-12(13-8-6-5-7-9-13)30-19(26)21-17-16(22-24-25(17)2)14-10-11-15(18(20-14)29-3)23-31(4,27)28;1-8(9-6-4-3-5-7-9)19-12(18)14-11-10(13)15-16-17(11)2;1-13-7-5(10-14(2,11)12)3-4-6(8)9-7/h5-12,23H,1-4H3,(H,21,26);3-8H,1-2H3,(H,14,18);3-4,10H,1-2H3/t12-;8-;/m11./s1. The maximum Gasteiger partial charge on any atom is 0.413 e. The summed E-state index contributed by atoms with van der Waals surface area (Å²) in [6, 6.07) is 25.0. The SMILES string of the molecule is COc1nc(-c2nnn(C)c2NC(=O)O[C@H](C)c2ccccc2)ccc1NS(C)(=O)=O.COc1nc(Br)ccc1NS(C)(=O)=O.C[C@@H](OC(=O)Nc1c(Br)nnn1C)c1ccccc1. The maximum absolute atomic E-state index is 12.4. The summed E-state index contributed by atoms with van der Waals surface area (Å²) in [5.41, 5.74) is 2.84. The Labute approximate surface area is 385 Å². The number of anilines is 4. The number of pyridine rings is 2. The summed E-state index contributed by atoms with van der Waals surface area (Å²) in [5.74, 6) is 0.971. The van der Waals surface area contributed by atoms with Gasteiger partial charge in [-0.05, 0) is 81.1 Å². The third-order valence-corrected chi connectivity index (χ3v) is 10.2. The number of nitrogens with zero attached hydrogens (tertiary/aromatic N) is 8. The van der Waals surface area contributed by atoms with E-state index in [0.717, 1.165) is 23.6 Å². The van der Waals surface area contributed by atoms with Crippen molar-refractivity contribution in [3.05, 3.63) is 105 Å². The van der Waals surface area contributed by atoms with E-state index in [0.29, 0.717) is 26.4 Å². The Morgan fingerprint density at radius 3 is 1.52 bits per heavy atom. The zero-order valence-corrected chi connectivity index (χ0v) is 40.3. The summed E-state index contributed by atoms with van der Waals surface area (Å²) < 4.78 is 74.2. The van der Waals surface area contributed by atoms with Crippen molar-refractivity contribution >= 4 is 87.1 Å². The molecule has 0 fully saturated rings. The molecule has 6 rings (SSSR count). The fourth-order valence-corrected chi connectivity index (χ4v) is 6.98. The summed E-state index contributed by atoms with van der Waals surface area (Å²) in [6.45, 7) is 3.57. The molecule has 0 bridgehead atoms. The summed E-state index contributed by atoms with van der Waals surface area (Å²) in [6.07, 6.45) is 0.0426. The van der Waals surface area contributed by atoms with Crippen LogP contribution in [0.1, 0.15) is 37.2 Å². The molecule has 2 atom stereocenters. The molecule has 0 saturated carbocycles. The minimum atomic E-state index is -3.52. The molecule has 26 heteroatoms. The van der Waals surface area contributed by atoms with Crippen LogP contribution >= 0.6 is 31.9 Å². The van der Waals surface area contributed by atoms with Crippen LogP contribution in [0.5, 0.6) is 11.8 Å². The quantitative estimate of drug-likeness (QED) is 0.0878. The molecule has 0 spiro atoms. The zero-order chi connectivity index (χ0) is 47.2. The monoisotopic (exact) mass is 1050 g/mol. The topological polar surface area (TPSA) is 275 Å². The van der Waals surface area contributed by atoms with Gasteiger partial charge in [0, 0.05) is 14.1 Å². The molecular weight excluding hydrogens is 1010 g/mol. The van der Waals surface area contributed by atoms with E-state index in [-0.39, 0.29) is 35.1 Å². The van der Waals surface area contributed by atoms with Gasteiger partial charge in [-0.2, -0.15) is 0 Å². The van der Waals surface area contributed by atoms with Gasteiger partial charge >= 0.3 is 12.2 Å². The molecule has 0 aliphatic rings. The second-order valence-corrected chi connectivity index (χ2v) is 18.2. The second kappa shape index (κ2) is 22.8. The van der Waals surface area contributed by atoms with Crippen LogP contribution in [0.25, 0.3) is 11.4 Å². The number of aromatic nitrogens is 8. The molecule has 0 aliphatic carbocycles. The molecular formula is C38H44Br2N12O10S2. The van der Waals surface area contributed by atoms with Crippen molar-refractivity contribution in [2.45, 2.75) is 26.1 Å². The van der Waals surface area contributed by atoms with Gasteiger partial charge in [0.1, 0.15) is 28.2 Å². The Kier molecular flexibility index (Phi) is 17.9. The Bertz CT molecular complexity index is 2730. The van der Waals surface area contributed by atoms with E-state index in [1.54, 1.807) is 33.2 Å². The number of carbonyl (C=O) groups is 2. The van der Waals surface area contributed by atoms with Gasteiger partial charge in [0.05, 0.1) is 32.4 Å². The minimum absolute atomic E-state index is 0.0415. The number of nitrogens with one attached hydrogen (secondary N) is 4. The summed E-state index contributed by atoms with van der Waals surface area (Å²) in [5, 5.41) is 20.7. The Balaban J connectivity index is 0.000000231. The first-order valence-electron chi connectivity index (χ1n) is 18.4. The van der Waals surface area contributed by atoms with Gasteiger partial charge in [-0.15, -0.1) is 10.2 Å². The van der Waals surface area contributed by atoms with Gasteiger partial charge in [0.15, 0.2) is 21.9 Å². The number of benzene rings is 2. The van der Waals surface area contributed by atoms with Gasteiger partial charge in [-0.3, -0.25) is 20.1 Å². The molecule has 6 aromatic rings. The van der Waals surface area contributed by atoms with Gasteiger partial charge < -0.3 is 18.9 Å². The first-order chi connectivity index (χ1) is 30.2. The van der Waals surface area contributed by atoms with E-state index in [4.69, 9.17) is 18.9 Å². The smallest absolute Gasteiger partial charge is 0.413 e. The third kappa shape index (κ3) is 15.5. The second-order valence-electron chi connectivity index (χ2n) is 13.1. The van der Waals surface area contributed by atoms with Crippen LogP contribution in [-0.2, 0) is 43.6 Å². The molecule has 4 heterocycles. The molecule has 0 aliphatic heterocycles. The average Bonchev–Trinajstić information content (AvgIpc) is 3.76. The van der Waals surface area contributed by atoms with Crippen molar-refractivity contribution in [3.63, 3.8) is 0 Å². The normalized spacial score (nSPS) is 11.8. The molecule has 0 unspecified atom stereocenters. The van der Waals surface area contributed by atoms with E-state index in [2.05, 4.69) is 82.5 Å². The number of halogens is 2. The van der Waals surface area contributed by atoms with Crippen LogP contribution in [0, 0.1) is 0 Å². The number of hydrogen-bond acceptors (Lipinski definition) is 16. The number of hydrogen-bond donors (Lipinski definition) is 4. The van der Waals surface area contributed by atoms with E-state index < -0.39 is 38.3 Å². The molecule has 0 radical (unpaired) electrons. The van der Waals surface area contributed by atoms with E-state index >= 15 is 0 Å². The van der Waals surface area contributed by atoms with E-state index in [1.807, 2.05) is 67.6 Å². The number of carbonyl (C=O) groups excluding carboxylic acids is 2. The van der Waals surface area contributed by atoms with Gasteiger partial charge in [0.25, 0.3) is 0 Å². The number of amides is 2. The lowest BCUT2D eigenvalue weighted by atomic mass is 10.1. The molecule has 22 nitrogen and oxygen atoms in total. The minimum Gasteiger partial charge on any atom is -0.479 e. The zero-order valence-electron chi connectivity index (χ0n) is 35.5. The van der Waals surface area contributed by atoms with Crippen molar-refractivity contribution in [3.8, 4) is 23.1 Å². The molecule has 2 aromatic carbocycles. The number of aryl methyl sites for hydroxylation is 2. The average molecular weight is 1050 g/mol. The van der Waals surface area contributed by atoms with Crippen LogP contribution in [0.3, 0.4) is 0 Å². The fourth-order valence-electron chi connectivity index (χ4n) is 5.15. The number of rotatable bonds is 13. The molecule has 4 N–H and O–H groups in total. The van der Waals surface area contributed by atoms with Crippen molar-refractivity contribution < 1.29 is 45.4 Å². The lowest BCUT2D eigenvalue weighted by molar-refractivity contribution is 0.120. The molecule has 4 aromatic heterocycles. The third-order valence-electron chi connectivity index (χ3n) is 8.07. The first kappa shape index (κ1) is 50.3. The first-order valence-corrected chi connectivity index (χ1v) is 23.8. The maximum atomic E-state index is 12.4. The van der Waals surface area contributed by atoms with Gasteiger partial charge in [-0.25, -0.2) is 45.8 Å². The summed E-state index contributed by atoms with van der Waals surface area (Å²) in [4.78, 5) is 32.4. The van der Waals surface area contributed by atoms with Crippen LogP contribution in [-0.4, -0.2) is 95.7 Å². The fraction of sp³-hybridized carbons (Fsp3) is 0.263. The predicted molar refractivity (Wildman–Crippen MR) is 245 cm³/mol.